The van der Waals surface area contributed by atoms with Crippen molar-refractivity contribution in [3.8, 4) is 5.75 Å². The summed E-state index contributed by atoms with van der Waals surface area (Å²) in [6, 6.07) is 5.21. The van der Waals surface area contributed by atoms with Crippen LogP contribution in [0, 0.1) is 5.92 Å². The van der Waals surface area contributed by atoms with Crippen LogP contribution in [0.3, 0.4) is 0 Å². The summed E-state index contributed by atoms with van der Waals surface area (Å²) in [6.07, 6.45) is 0. The molecule has 0 aromatic heterocycles. The van der Waals surface area contributed by atoms with Gasteiger partial charge in [-0.15, -0.1) is 0 Å². The summed E-state index contributed by atoms with van der Waals surface area (Å²) in [6.45, 7) is 8.56. The minimum atomic E-state index is -0.110. The van der Waals surface area contributed by atoms with Gasteiger partial charge < -0.3 is 10.1 Å². The van der Waals surface area contributed by atoms with E-state index in [2.05, 4.69) is 19.2 Å². The highest BCUT2D eigenvalue weighted by Gasteiger charge is 2.13. The fraction of sp³-hybridized carbons (Fsp3) is 0.500. The number of benzene rings is 1. The van der Waals surface area contributed by atoms with Gasteiger partial charge >= 0.3 is 0 Å². The van der Waals surface area contributed by atoms with Crippen molar-refractivity contribution in [1.29, 1.82) is 0 Å². The molecule has 1 rings (SSSR count). The first-order valence-electron chi connectivity index (χ1n) is 6.19. The molecule has 3 nitrogen and oxygen atoms in total. The normalized spacial score (nSPS) is 12.3. The molecule has 0 aliphatic rings. The first-order valence-corrected chi connectivity index (χ1v) is 6.56. The van der Waals surface area contributed by atoms with Gasteiger partial charge in [0, 0.05) is 11.6 Å². The zero-order chi connectivity index (χ0) is 13.7. The fourth-order valence-corrected chi connectivity index (χ4v) is 1.61. The Morgan fingerprint density at radius 3 is 2.56 bits per heavy atom. The predicted molar refractivity (Wildman–Crippen MR) is 74.4 cm³/mol. The van der Waals surface area contributed by atoms with Crippen molar-refractivity contribution in [3.05, 3.63) is 28.8 Å². The molecule has 1 atom stereocenters. The van der Waals surface area contributed by atoms with Gasteiger partial charge in [-0.05, 0) is 38.0 Å². The maximum atomic E-state index is 12.0. The first kappa shape index (κ1) is 14.8. The molecule has 0 fully saturated rings. The summed E-state index contributed by atoms with van der Waals surface area (Å²) < 4.78 is 5.33. The van der Waals surface area contributed by atoms with Crippen molar-refractivity contribution in [1.82, 2.24) is 5.32 Å². The maximum absolute atomic E-state index is 12.0. The molecule has 1 aromatic rings. The van der Waals surface area contributed by atoms with Crippen LogP contribution in [0.1, 0.15) is 38.1 Å². The molecule has 0 aliphatic carbocycles. The molecule has 1 N–H and O–H groups in total. The number of amides is 1. The highest BCUT2D eigenvalue weighted by Crippen LogP contribution is 2.25. The molecule has 0 saturated carbocycles. The summed E-state index contributed by atoms with van der Waals surface area (Å²) in [5, 5.41) is 3.40. The van der Waals surface area contributed by atoms with Crippen LogP contribution in [-0.4, -0.2) is 18.6 Å². The Morgan fingerprint density at radius 2 is 2.06 bits per heavy atom. The Morgan fingerprint density at radius 1 is 1.39 bits per heavy atom. The lowest BCUT2D eigenvalue weighted by molar-refractivity contribution is 0.0930. The van der Waals surface area contributed by atoms with Gasteiger partial charge in [-0.2, -0.15) is 0 Å². The largest absolute Gasteiger partial charge is 0.492 e. The van der Waals surface area contributed by atoms with E-state index in [9.17, 15) is 4.79 Å². The first-order chi connectivity index (χ1) is 8.45. The molecular formula is C14H20ClNO2. The molecule has 0 heterocycles. The molecule has 0 spiro atoms. The summed E-state index contributed by atoms with van der Waals surface area (Å²) >= 11 is 6.05. The quantitative estimate of drug-likeness (QED) is 0.888. The molecule has 18 heavy (non-hydrogen) atoms. The number of rotatable bonds is 5. The molecule has 0 saturated heterocycles. The third-order valence-corrected chi connectivity index (χ3v) is 3.15. The van der Waals surface area contributed by atoms with Crippen LogP contribution < -0.4 is 10.1 Å². The Bertz CT molecular complexity index is 418. The highest BCUT2D eigenvalue weighted by molar-refractivity contribution is 6.32. The van der Waals surface area contributed by atoms with Crippen LogP contribution in [-0.2, 0) is 0 Å². The molecule has 1 aromatic carbocycles. The SMILES string of the molecule is CCOc1ccc(C(=O)N[C@@H](C)C(C)C)cc1Cl. The molecule has 0 unspecified atom stereocenters. The van der Waals surface area contributed by atoms with E-state index in [0.29, 0.717) is 28.9 Å². The van der Waals surface area contributed by atoms with E-state index in [4.69, 9.17) is 16.3 Å². The maximum Gasteiger partial charge on any atom is 0.251 e. The lowest BCUT2D eigenvalue weighted by atomic mass is 10.1. The Kier molecular flexibility index (Phi) is 5.48. The number of ether oxygens (including phenoxy) is 1. The third kappa shape index (κ3) is 3.91. The van der Waals surface area contributed by atoms with Crippen molar-refractivity contribution in [2.45, 2.75) is 33.7 Å². The number of hydrogen-bond acceptors (Lipinski definition) is 2. The second-order valence-corrected chi connectivity index (χ2v) is 4.99. The average Bonchev–Trinajstić information content (AvgIpc) is 2.31. The monoisotopic (exact) mass is 269 g/mol. The second kappa shape index (κ2) is 6.64. The summed E-state index contributed by atoms with van der Waals surface area (Å²) in [5.41, 5.74) is 0.552. The Labute approximate surface area is 113 Å². The molecule has 1 amide bonds. The highest BCUT2D eigenvalue weighted by atomic mass is 35.5. The van der Waals surface area contributed by atoms with Gasteiger partial charge in [-0.3, -0.25) is 4.79 Å². The van der Waals surface area contributed by atoms with Gasteiger partial charge in [0.1, 0.15) is 5.75 Å². The molecule has 0 radical (unpaired) electrons. The van der Waals surface area contributed by atoms with Gasteiger partial charge in [0.15, 0.2) is 0 Å². The Hall–Kier alpha value is -1.22. The van der Waals surface area contributed by atoms with E-state index < -0.39 is 0 Å². The zero-order valence-corrected chi connectivity index (χ0v) is 12.0. The van der Waals surface area contributed by atoms with Crippen LogP contribution in [0.5, 0.6) is 5.75 Å². The predicted octanol–water partition coefficient (Wildman–Crippen LogP) is 3.51. The van der Waals surface area contributed by atoms with Crippen molar-refractivity contribution < 1.29 is 9.53 Å². The lowest BCUT2D eigenvalue weighted by Crippen LogP contribution is -2.36. The minimum Gasteiger partial charge on any atom is -0.492 e. The zero-order valence-electron chi connectivity index (χ0n) is 11.3. The summed E-state index contributed by atoms with van der Waals surface area (Å²) in [7, 11) is 0. The second-order valence-electron chi connectivity index (χ2n) is 4.58. The van der Waals surface area contributed by atoms with Crippen molar-refractivity contribution in [3.63, 3.8) is 0 Å². The summed E-state index contributed by atoms with van der Waals surface area (Å²) in [5.74, 6) is 0.890. The molecule has 4 heteroatoms. The van der Waals surface area contributed by atoms with E-state index in [0.717, 1.165) is 0 Å². The van der Waals surface area contributed by atoms with E-state index in [1.165, 1.54) is 0 Å². The fourth-order valence-electron chi connectivity index (χ4n) is 1.37. The van der Waals surface area contributed by atoms with Gasteiger partial charge in [-0.1, -0.05) is 25.4 Å². The van der Waals surface area contributed by atoms with Gasteiger partial charge in [0.05, 0.1) is 11.6 Å². The van der Waals surface area contributed by atoms with Gasteiger partial charge in [0.25, 0.3) is 5.91 Å². The van der Waals surface area contributed by atoms with Crippen LogP contribution in [0.25, 0.3) is 0 Å². The summed E-state index contributed by atoms with van der Waals surface area (Å²) in [4.78, 5) is 12.0. The van der Waals surface area contributed by atoms with Crippen molar-refractivity contribution >= 4 is 17.5 Å². The third-order valence-electron chi connectivity index (χ3n) is 2.85. The topological polar surface area (TPSA) is 38.3 Å². The van der Waals surface area contributed by atoms with Crippen molar-refractivity contribution in [2.75, 3.05) is 6.61 Å². The Balaban J connectivity index is 2.78. The van der Waals surface area contributed by atoms with Crippen LogP contribution in [0.4, 0.5) is 0 Å². The number of nitrogens with one attached hydrogen (secondary N) is 1. The lowest BCUT2D eigenvalue weighted by Gasteiger charge is -2.17. The van der Waals surface area contributed by atoms with Crippen molar-refractivity contribution in [2.24, 2.45) is 5.92 Å². The van der Waals surface area contributed by atoms with Crippen LogP contribution in [0.2, 0.25) is 5.02 Å². The van der Waals surface area contributed by atoms with Crippen LogP contribution >= 0.6 is 11.6 Å². The van der Waals surface area contributed by atoms with Gasteiger partial charge in [0.2, 0.25) is 0 Å². The van der Waals surface area contributed by atoms with E-state index in [-0.39, 0.29) is 11.9 Å². The number of carbonyl (C=O) groups is 1. The smallest absolute Gasteiger partial charge is 0.251 e. The molecular weight excluding hydrogens is 250 g/mol. The van der Waals surface area contributed by atoms with E-state index in [1.807, 2.05) is 13.8 Å². The number of halogens is 1. The van der Waals surface area contributed by atoms with E-state index in [1.54, 1.807) is 18.2 Å². The minimum absolute atomic E-state index is 0.110. The molecule has 0 bridgehead atoms. The van der Waals surface area contributed by atoms with Gasteiger partial charge in [-0.25, -0.2) is 0 Å². The molecule has 0 aliphatic heterocycles. The number of hydrogen-bond donors (Lipinski definition) is 1. The van der Waals surface area contributed by atoms with E-state index >= 15 is 0 Å². The standard InChI is InChI=1S/C14H20ClNO2/c1-5-18-13-7-6-11(8-12(13)15)14(17)16-10(4)9(2)3/h6-10H,5H2,1-4H3,(H,16,17)/t10-/m0/s1. The number of carbonyl (C=O) groups excluding carboxylic acids is 1. The average molecular weight is 270 g/mol. The van der Waals surface area contributed by atoms with Crippen LogP contribution in [0.15, 0.2) is 18.2 Å². The molecule has 100 valence electrons.